The summed E-state index contributed by atoms with van der Waals surface area (Å²) in [6, 6.07) is -1.10. The Bertz CT molecular complexity index is 1480. The van der Waals surface area contributed by atoms with Crippen LogP contribution in [-0.4, -0.2) is 126 Å². The Morgan fingerprint density at radius 2 is 1.62 bits per heavy atom. The highest BCUT2D eigenvalue weighted by atomic mass is 16.7. The minimum Gasteiger partial charge on any atom is -0.456 e. The molecule has 1 amide bonds. The van der Waals surface area contributed by atoms with E-state index in [2.05, 4.69) is 13.0 Å². The molecule has 0 aromatic heterocycles. The zero-order valence-electron chi connectivity index (χ0n) is 36.7. The van der Waals surface area contributed by atoms with Gasteiger partial charge in [-0.25, -0.2) is 4.79 Å². The number of allylic oxidation sites excluding steroid dienone is 3. The number of ketones is 2. The molecule has 58 heavy (non-hydrogen) atoms. The first-order valence-electron chi connectivity index (χ1n) is 21.7. The topological polar surface area (TPSA) is 178 Å². The van der Waals surface area contributed by atoms with Crippen LogP contribution in [0.5, 0.6) is 0 Å². The Balaban J connectivity index is 1.80. The highest BCUT2D eigenvalue weighted by Gasteiger charge is 2.56. The molecule has 13 heteroatoms. The quantitative estimate of drug-likeness (QED) is 0.176. The van der Waals surface area contributed by atoms with Crippen LogP contribution in [-0.2, 0) is 42.9 Å². The summed E-state index contributed by atoms with van der Waals surface area (Å²) in [5, 5.41) is 33.7. The Labute approximate surface area is 346 Å². The minimum absolute atomic E-state index is 0.0285. The standard InChI is InChI=1S/C45H73NO12/c1-11-32-19-25(2)18-26(3)20-37(55-9)41-38(56-10)23-29(6)45(53,58-41)42(50)43(51)46-17-13-12-14-34(46)44(52)57-40(28(5)22-33(30(7)47)39(32)49)27(4)21-31-15-16-35(48)36(24-31)54-8/h19,21,26,28-38,40-41,47-48,53H,11-18,20,22-24H2,1-10H3/b25-19+,27-21+/t26-,28+,29+,30?,31?,32+,33?,34-,35+,36+,37?,38-,40+,41+,45+/m0/s1. The van der Waals surface area contributed by atoms with Crippen LogP contribution in [0.1, 0.15) is 119 Å². The fourth-order valence-corrected chi connectivity index (χ4v) is 10.0. The molecule has 3 aliphatic heterocycles. The molecule has 13 nitrogen and oxygen atoms in total. The van der Waals surface area contributed by atoms with Crippen LogP contribution in [0, 0.1) is 35.5 Å². The van der Waals surface area contributed by atoms with Crippen molar-refractivity contribution in [1.29, 1.82) is 0 Å². The summed E-state index contributed by atoms with van der Waals surface area (Å²) in [6.45, 7) is 13.2. The predicted molar refractivity (Wildman–Crippen MR) is 217 cm³/mol. The number of hydrogen-bond donors (Lipinski definition) is 3. The summed E-state index contributed by atoms with van der Waals surface area (Å²) in [7, 11) is 4.65. The van der Waals surface area contributed by atoms with Gasteiger partial charge in [-0.2, -0.15) is 0 Å². The summed E-state index contributed by atoms with van der Waals surface area (Å²) in [5.41, 5.74) is 1.75. The van der Waals surface area contributed by atoms with Crippen molar-refractivity contribution >= 4 is 23.4 Å². The summed E-state index contributed by atoms with van der Waals surface area (Å²) >= 11 is 0. The van der Waals surface area contributed by atoms with E-state index in [1.165, 1.54) is 19.1 Å². The number of carbonyl (C=O) groups is 4. The van der Waals surface area contributed by atoms with Crippen molar-refractivity contribution in [3.8, 4) is 0 Å². The molecule has 330 valence electrons. The fraction of sp³-hybridized carbons (Fsp3) is 0.822. The second-order valence-corrected chi connectivity index (χ2v) is 18.0. The van der Waals surface area contributed by atoms with Gasteiger partial charge >= 0.3 is 5.97 Å². The van der Waals surface area contributed by atoms with Crippen molar-refractivity contribution in [3.63, 3.8) is 0 Å². The Hall–Kier alpha value is -2.52. The van der Waals surface area contributed by atoms with Crippen molar-refractivity contribution in [1.82, 2.24) is 4.90 Å². The molecule has 4 rings (SSSR count). The number of piperidine rings is 1. The van der Waals surface area contributed by atoms with Gasteiger partial charge in [0.2, 0.25) is 5.79 Å². The normalized spacial score (nSPS) is 41.1. The van der Waals surface area contributed by atoms with Crippen molar-refractivity contribution in [3.05, 3.63) is 23.3 Å². The molecule has 3 N–H and O–H groups in total. The lowest BCUT2D eigenvalue weighted by atomic mass is 9.78. The monoisotopic (exact) mass is 820 g/mol. The van der Waals surface area contributed by atoms with E-state index in [0.717, 1.165) is 11.1 Å². The van der Waals surface area contributed by atoms with Crippen LogP contribution in [0.4, 0.5) is 0 Å². The molecule has 2 saturated heterocycles. The molecule has 4 aliphatic rings. The van der Waals surface area contributed by atoms with Gasteiger partial charge in [0.15, 0.2) is 0 Å². The van der Waals surface area contributed by atoms with Gasteiger partial charge in [-0.3, -0.25) is 14.4 Å². The number of Topliss-reactive ketones (excluding diaryl/α,β-unsaturated/α-hetero) is 2. The van der Waals surface area contributed by atoms with E-state index in [1.54, 1.807) is 21.0 Å². The van der Waals surface area contributed by atoms with Gasteiger partial charge in [0.1, 0.15) is 24.0 Å². The molecular weight excluding hydrogens is 746 g/mol. The number of esters is 1. The number of aliphatic hydroxyl groups is 3. The van der Waals surface area contributed by atoms with E-state index in [-0.39, 0.29) is 49.5 Å². The maximum Gasteiger partial charge on any atom is 0.329 e. The number of hydrogen-bond acceptors (Lipinski definition) is 12. The number of aliphatic hydroxyl groups excluding tert-OH is 2. The van der Waals surface area contributed by atoms with Gasteiger partial charge in [-0.1, -0.05) is 45.4 Å². The third-order valence-electron chi connectivity index (χ3n) is 13.4. The molecule has 1 saturated carbocycles. The highest BCUT2D eigenvalue weighted by molar-refractivity contribution is 6.39. The van der Waals surface area contributed by atoms with Gasteiger partial charge < -0.3 is 43.9 Å². The molecule has 3 fully saturated rings. The number of fused-ring (bicyclic) bond motifs is 3. The average molecular weight is 820 g/mol. The molecule has 2 bridgehead atoms. The van der Waals surface area contributed by atoms with Gasteiger partial charge in [0, 0.05) is 45.6 Å². The third-order valence-corrected chi connectivity index (χ3v) is 13.4. The molecule has 0 spiro atoms. The van der Waals surface area contributed by atoms with E-state index in [0.29, 0.717) is 51.4 Å². The van der Waals surface area contributed by atoms with Crippen molar-refractivity contribution < 1.29 is 58.2 Å². The maximum atomic E-state index is 14.4. The fourth-order valence-electron chi connectivity index (χ4n) is 10.0. The molecular formula is C45H73NO12. The first kappa shape index (κ1) is 48.1. The van der Waals surface area contributed by atoms with Crippen molar-refractivity contribution in [2.45, 2.75) is 174 Å². The van der Waals surface area contributed by atoms with Crippen LogP contribution in [0.15, 0.2) is 23.3 Å². The van der Waals surface area contributed by atoms with Crippen molar-refractivity contribution in [2.24, 2.45) is 35.5 Å². The maximum absolute atomic E-state index is 14.4. The lowest BCUT2D eigenvalue weighted by Crippen LogP contribution is -2.64. The molecule has 4 unspecified atom stereocenters. The Morgan fingerprint density at radius 1 is 0.966 bits per heavy atom. The predicted octanol–water partition coefficient (Wildman–Crippen LogP) is 5.11. The molecule has 0 radical (unpaired) electrons. The zero-order valence-corrected chi connectivity index (χ0v) is 36.7. The average Bonchev–Trinajstić information content (AvgIpc) is 3.20. The van der Waals surface area contributed by atoms with Gasteiger partial charge in [0.05, 0.1) is 30.5 Å². The number of rotatable bonds is 7. The number of nitrogens with zero attached hydrogens (tertiary/aromatic N) is 1. The van der Waals surface area contributed by atoms with Crippen LogP contribution in [0.3, 0.4) is 0 Å². The molecule has 3 heterocycles. The van der Waals surface area contributed by atoms with Gasteiger partial charge in [-0.15, -0.1) is 0 Å². The molecule has 0 aromatic rings. The van der Waals surface area contributed by atoms with E-state index in [4.69, 9.17) is 23.7 Å². The summed E-state index contributed by atoms with van der Waals surface area (Å²) in [4.78, 5) is 58.5. The zero-order chi connectivity index (χ0) is 43.1. The number of cyclic esters (lactones) is 1. The largest absolute Gasteiger partial charge is 0.456 e. The van der Waals surface area contributed by atoms with E-state index in [9.17, 15) is 34.5 Å². The minimum atomic E-state index is -2.49. The smallest absolute Gasteiger partial charge is 0.329 e. The van der Waals surface area contributed by atoms with Crippen molar-refractivity contribution in [2.75, 3.05) is 27.9 Å². The summed E-state index contributed by atoms with van der Waals surface area (Å²) in [5.74, 6) is -7.83. The summed E-state index contributed by atoms with van der Waals surface area (Å²) < 4.78 is 30.0. The third kappa shape index (κ3) is 11.2. The first-order valence-corrected chi connectivity index (χ1v) is 21.7. The first-order chi connectivity index (χ1) is 27.4. The Kier molecular flexibility index (Phi) is 17.7. The highest BCUT2D eigenvalue weighted by Crippen LogP contribution is 2.39. The molecule has 1 aliphatic carbocycles. The van der Waals surface area contributed by atoms with Gasteiger partial charge in [-0.05, 0) is 115 Å². The van der Waals surface area contributed by atoms with Crippen LogP contribution >= 0.6 is 0 Å². The van der Waals surface area contributed by atoms with Crippen LogP contribution in [0.25, 0.3) is 0 Å². The Morgan fingerprint density at radius 3 is 2.24 bits per heavy atom. The van der Waals surface area contributed by atoms with Gasteiger partial charge in [0.25, 0.3) is 11.7 Å². The SMILES string of the molecule is CC[C@@H]1/C=C(\C)C[C@H](C)CC(OC)[C@H]2O[C@@](O)(C(=O)C(=O)N3CCCC[C@H]3C(=O)O[C@H](/C(C)=C/C3CC[C@@H](O)[C@H](OC)C3)[C@H](C)CC(C(C)O)C1=O)[C@H](C)C[C@@H]2OC. The second kappa shape index (κ2) is 21.3. The number of methoxy groups -OCH3 is 3. The number of amides is 1. The van der Waals surface area contributed by atoms with E-state index >= 15 is 0 Å². The number of ether oxygens (including phenoxy) is 5. The lowest BCUT2D eigenvalue weighted by molar-refractivity contribution is -0.302. The molecule has 0 aromatic carbocycles. The molecule has 15 atom stereocenters. The van der Waals surface area contributed by atoms with E-state index < -0.39 is 89.8 Å². The lowest BCUT2D eigenvalue weighted by Gasteiger charge is -2.47. The van der Waals surface area contributed by atoms with Crippen LogP contribution in [0.2, 0.25) is 0 Å². The van der Waals surface area contributed by atoms with E-state index in [1.807, 2.05) is 33.8 Å². The summed E-state index contributed by atoms with van der Waals surface area (Å²) in [6.07, 6.45) is 4.62. The second-order valence-electron chi connectivity index (χ2n) is 18.0. The van der Waals surface area contributed by atoms with Crippen LogP contribution < -0.4 is 0 Å². The number of carbonyl (C=O) groups excluding carboxylic acids is 4.